The van der Waals surface area contributed by atoms with E-state index in [1.54, 1.807) is 7.05 Å². The number of alkyl halides is 3. The zero-order chi connectivity index (χ0) is 22.2. The van der Waals surface area contributed by atoms with Gasteiger partial charge in [-0.05, 0) is 17.7 Å². The summed E-state index contributed by atoms with van der Waals surface area (Å²) in [6.07, 6.45) is -1.72. The van der Waals surface area contributed by atoms with E-state index in [4.69, 9.17) is 0 Å². The third-order valence-electron chi connectivity index (χ3n) is 5.37. The van der Waals surface area contributed by atoms with Crippen LogP contribution in [0.2, 0.25) is 0 Å². The Morgan fingerprint density at radius 1 is 1.03 bits per heavy atom. The highest BCUT2D eigenvalue weighted by atomic mass is 32.2. The zero-order valence-electron chi connectivity index (χ0n) is 16.6. The predicted molar refractivity (Wildman–Crippen MR) is 110 cm³/mol. The van der Waals surface area contributed by atoms with Crippen LogP contribution in [-0.2, 0) is 23.2 Å². The highest BCUT2D eigenvalue weighted by Crippen LogP contribution is 2.38. The van der Waals surface area contributed by atoms with Gasteiger partial charge >= 0.3 is 6.18 Å². The normalized spacial score (nSPS) is 20.1. The number of imidazole rings is 1. The molecule has 2 unspecified atom stereocenters. The van der Waals surface area contributed by atoms with E-state index in [1.807, 2.05) is 30.3 Å². The van der Waals surface area contributed by atoms with E-state index in [9.17, 15) is 21.6 Å². The SMILES string of the molecule is Cn1cnc(S(=O)(=O)N2CC(Nc3ccccc3C(F)(F)F)C(c3ccccc3)C2)c1. The van der Waals surface area contributed by atoms with E-state index in [0.717, 1.165) is 11.6 Å². The number of sulfonamides is 1. The Hall–Kier alpha value is -2.85. The van der Waals surface area contributed by atoms with Gasteiger partial charge in [-0.2, -0.15) is 17.5 Å². The molecular weight excluding hydrogens is 429 g/mol. The van der Waals surface area contributed by atoms with E-state index in [2.05, 4.69) is 10.3 Å². The number of nitrogens with zero attached hydrogens (tertiary/aromatic N) is 3. The molecule has 0 radical (unpaired) electrons. The molecule has 6 nitrogen and oxygen atoms in total. The topological polar surface area (TPSA) is 67.2 Å². The second kappa shape index (κ2) is 8.01. The summed E-state index contributed by atoms with van der Waals surface area (Å²) in [6.45, 7) is 0.152. The Morgan fingerprint density at radius 3 is 2.35 bits per heavy atom. The van der Waals surface area contributed by atoms with Gasteiger partial charge in [-0.3, -0.25) is 0 Å². The molecular formula is C21H21F3N4O2S. The smallest absolute Gasteiger partial charge is 0.380 e. The highest BCUT2D eigenvalue weighted by Gasteiger charge is 2.42. The van der Waals surface area contributed by atoms with Crippen LogP contribution in [0.4, 0.5) is 18.9 Å². The van der Waals surface area contributed by atoms with Gasteiger partial charge in [0.25, 0.3) is 10.0 Å². The first-order chi connectivity index (χ1) is 14.7. The molecule has 1 saturated heterocycles. The van der Waals surface area contributed by atoms with Crippen LogP contribution in [0.15, 0.2) is 72.1 Å². The van der Waals surface area contributed by atoms with Crippen LogP contribution >= 0.6 is 0 Å². The average Bonchev–Trinajstić information content (AvgIpc) is 3.36. The molecule has 2 aromatic carbocycles. The molecule has 3 aromatic rings. The van der Waals surface area contributed by atoms with Gasteiger partial charge in [-0.25, -0.2) is 13.4 Å². The van der Waals surface area contributed by atoms with Gasteiger partial charge in [0.1, 0.15) is 0 Å². The van der Waals surface area contributed by atoms with E-state index in [1.165, 1.54) is 39.6 Å². The third kappa shape index (κ3) is 4.31. The maximum Gasteiger partial charge on any atom is 0.418 e. The van der Waals surface area contributed by atoms with E-state index in [0.29, 0.717) is 0 Å². The summed E-state index contributed by atoms with van der Waals surface area (Å²) in [5, 5.41) is 2.89. The quantitative estimate of drug-likeness (QED) is 0.644. The molecule has 4 rings (SSSR count). The molecule has 2 heterocycles. The molecule has 31 heavy (non-hydrogen) atoms. The lowest BCUT2D eigenvalue weighted by molar-refractivity contribution is -0.137. The van der Waals surface area contributed by atoms with Crippen molar-refractivity contribution in [3.63, 3.8) is 0 Å². The number of rotatable bonds is 5. The first-order valence-corrected chi connectivity index (χ1v) is 11.1. The van der Waals surface area contributed by atoms with Crippen LogP contribution in [0.3, 0.4) is 0 Å². The van der Waals surface area contributed by atoms with Crippen molar-refractivity contribution in [3.8, 4) is 0 Å². The molecule has 1 aliphatic rings. The van der Waals surface area contributed by atoms with Crippen molar-refractivity contribution >= 4 is 15.7 Å². The Morgan fingerprint density at radius 2 is 1.71 bits per heavy atom. The maximum absolute atomic E-state index is 13.5. The molecule has 1 fully saturated rings. The van der Waals surface area contributed by atoms with Gasteiger partial charge in [0.2, 0.25) is 0 Å². The monoisotopic (exact) mass is 450 g/mol. The van der Waals surface area contributed by atoms with Crippen molar-refractivity contribution in [1.82, 2.24) is 13.9 Å². The van der Waals surface area contributed by atoms with Crippen LogP contribution in [0.5, 0.6) is 0 Å². The Labute approximate surface area is 178 Å². The van der Waals surface area contributed by atoms with E-state index < -0.39 is 27.8 Å². The van der Waals surface area contributed by atoms with Crippen molar-refractivity contribution in [3.05, 3.63) is 78.2 Å². The van der Waals surface area contributed by atoms with E-state index >= 15 is 0 Å². The largest absolute Gasteiger partial charge is 0.418 e. The number of para-hydroxylation sites is 1. The second-order valence-corrected chi connectivity index (χ2v) is 9.40. The van der Waals surface area contributed by atoms with E-state index in [-0.39, 0.29) is 29.7 Å². The van der Waals surface area contributed by atoms with Gasteiger partial charge < -0.3 is 9.88 Å². The second-order valence-electron chi connectivity index (χ2n) is 7.51. The summed E-state index contributed by atoms with van der Waals surface area (Å²) in [7, 11) is -2.22. The number of hydrogen-bond donors (Lipinski definition) is 1. The van der Waals surface area contributed by atoms with Crippen LogP contribution in [-0.4, -0.2) is 41.4 Å². The van der Waals surface area contributed by atoms with Gasteiger partial charge in [-0.15, -0.1) is 0 Å². The van der Waals surface area contributed by atoms with Crippen molar-refractivity contribution in [2.45, 2.75) is 23.2 Å². The lowest BCUT2D eigenvalue weighted by Crippen LogP contribution is -2.32. The minimum absolute atomic E-state index is 0.0185. The number of nitrogens with one attached hydrogen (secondary N) is 1. The van der Waals surface area contributed by atoms with Crippen LogP contribution in [0, 0.1) is 0 Å². The number of hydrogen-bond acceptors (Lipinski definition) is 4. The molecule has 1 aromatic heterocycles. The Bertz CT molecular complexity index is 1160. The zero-order valence-corrected chi connectivity index (χ0v) is 17.4. The predicted octanol–water partition coefficient (Wildman–Crippen LogP) is 3.71. The van der Waals surface area contributed by atoms with Gasteiger partial charge in [0.05, 0.1) is 11.9 Å². The van der Waals surface area contributed by atoms with Crippen molar-refractivity contribution in [1.29, 1.82) is 0 Å². The summed E-state index contributed by atoms with van der Waals surface area (Å²) in [5.41, 5.74) is -0.00549. The first-order valence-electron chi connectivity index (χ1n) is 9.62. The number of benzene rings is 2. The Balaban J connectivity index is 1.69. The third-order valence-corrected chi connectivity index (χ3v) is 7.09. The lowest BCUT2D eigenvalue weighted by Gasteiger charge is -2.23. The molecule has 1 aliphatic heterocycles. The summed E-state index contributed by atoms with van der Waals surface area (Å²) < 4.78 is 69.4. The fourth-order valence-electron chi connectivity index (χ4n) is 3.86. The van der Waals surface area contributed by atoms with Crippen LogP contribution in [0.25, 0.3) is 0 Å². The standard InChI is InChI=1S/C21H21F3N4O2S/c1-27-13-20(25-14-27)31(29,30)28-11-16(15-7-3-2-4-8-15)19(12-28)26-18-10-6-5-9-17(18)21(22,23)24/h2-10,13-14,16,19,26H,11-12H2,1H3. The minimum Gasteiger partial charge on any atom is -0.380 e. The van der Waals surface area contributed by atoms with Crippen molar-refractivity contribution in [2.24, 2.45) is 7.05 Å². The van der Waals surface area contributed by atoms with Crippen molar-refractivity contribution < 1.29 is 21.6 Å². The van der Waals surface area contributed by atoms with Crippen LogP contribution < -0.4 is 5.32 Å². The number of aryl methyl sites for hydroxylation is 1. The fourth-order valence-corrected chi connectivity index (χ4v) is 5.32. The molecule has 0 saturated carbocycles. The Kier molecular flexibility index (Phi) is 5.52. The summed E-state index contributed by atoms with van der Waals surface area (Å²) in [4.78, 5) is 3.95. The number of aromatic nitrogens is 2. The molecule has 1 N–H and O–H groups in total. The fraction of sp³-hybridized carbons (Fsp3) is 0.286. The van der Waals surface area contributed by atoms with Gasteiger partial charge in [-0.1, -0.05) is 42.5 Å². The molecule has 0 bridgehead atoms. The van der Waals surface area contributed by atoms with Crippen LogP contribution in [0.1, 0.15) is 17.0 Å². The van der Waals surface area contributed by atoms with Gasteiger partial charge in [0, 0.05) is 44.0 Å². The average molecular weight is 450 g/mol. The molecule has 2 atom stereocenters. The molecule has 0 aliphatic carbocycles. The number of halogens is 3. The lowest BCUT2D eigenvalue weighted by atomic mass is 9.94. The number of anilines is 1. The molecule has 164 valence electrons. The molecule has 0 spiro atoms. The molecule has 0 amide bonds. The minimum atomic E-state index is -4.52. The van der Waals surface area contributed by atoms with Gasteiger partial charge in [0.15, 0.2) is 5.03 Å². The summed E-state index contributed by atoms with van der Waals surface area (Å²) in [5.74, 6) is -0.332. The summed E-state index contributed by atoms with van der Waals surface area (Å²) >= 11 is 0. The highest BCUT2D eigenvalue weighted by molar-refractivity contribution is 7.89. The summed E-state index contributed by atoms with van der Waals surface area (Å²) in [6, 6.07) is 13.9. The maximum atomic E-state index is 13.5. The van der Waals surface area contributed by atoms with Crippen molar-refractivity contribution in [2.75, 3.05) is 18.4 Å². The first kappa shape index (κ1) is 21.4. The molecule has 10 heteroatoms.